The molecule has 0 aliphatic carbocycles. The van der Waals surface area contributed by atoms with Gasteiger partial charge in [0.2, 0.25) is 0 Å². The molecule has 0 saturated carbocycles. The first-order valence-electron chi connectivity index (χ1n) is 8.56. The number of alkyl halides is 2. The van der Waals surface area contributed by atoms with Gasteiger partial charge in [0.15, 0.2) is 17.3 Å². The molecule has 0 radical (unpaired) electrons. The summed E-state index contributed by atoms with van der Waals surface area (Å²) in [6.45, 7) is -3.07. The molecule has 29 heavy (non-hydrogen) atoms. The number of rotatable bonds is 6. The number of nitrogens with zero attached hydrogens (tertiary/aromatic N) is 4. The highest BCUT2D eigenvalue weighted by Crippen LogP contribution is 2.32. The lowest BCUT2D eigenvalue weighted by Gasteiger charge is -2.10. The van der Waals surface area contributed by atoms with Gasteiger partial charge in [0.05, 0.1) is 31.8 Å². The van der Waals surface area contributed by atoms with E-state index in [0.717, 1.165) is 9.13 Å². The van der Waals surface area contributed by atoms with Crippen LogP contribution >= 0.6 is 0 Å². The third-order valence-corrected chi connectivity index (χ3v) is 4.49. The van der Waals surface area contributed by atoms with Gasteiger partial charge >= 0.3 is 12.3 Å². The number of para-hydroxylation sites is 2. The van der Waals surface area contributed by atoms with Crippen LogP contribution in [0.3, 0.4) is 0 Å². The highest BCUT2D eigenvalue weighted by Gasteiger charge is 2.22. The van der Waals surface area contributed by atoms with Crippen LogP contribution in [-0.4, -0.2) is 33.5 Å². The summed E-state index contributed by atoms with van der Waals surface area (Å²) in [5.41, 5.74) is 1.17. The quantitative estimate of drug-likeness (QED) is 0.492. The molecule has 8 nitrogen and oxygen atoms in total. The van der Waals surface area contributed by atoms with Gasteiger partial charge in [-0.3, -0.25) is 9.09 Å². The Balaban J connectivity index is 1.81. The van der Waals surface area contributed by atoms with E-state index in [2.05, 4.69) is 10.1 Å². The van der Waals surface area contributed by atoms with Crippen molar-refractivity contribution in [3.05, 3.63) is 58.8 Å². The lowest BCUT2D eigenvalue weighted by molar-refractivity contribution is 0.0711. The van der Waals surface area contributed by atoms with Crippen molar-refractivity contribution in [3.63, 3.8) is 0 Å². The lowest BCUT2D eigenvalue weighted by Crippen LogP contribution is -2.19. The van der Waals surface area contributed by atoms with E-state index in [-0.39, 0.29) is 23.7 Å². The third kappa shape index (κ3) is 3.22. The van der Waals surface area contributed by atoms with Crippen molar-refractivity contribution in [3.8, 4) is 22.9 Å². The van der Waals surface area contributed by atoms with E-state index in [9.17, 15) is 13.6 Å². The van der Waals surface area contributed by atoms with Crippen molar-refractivity contribution in [2.75, 3.05) is 14.2 Å². The van der Waals surface area contributed by atoms with E-state index in [1.165, 1.54) is 14.2 Å². The molecule has 4 rings (SSSR count). The number of hydrogen-bond donors (Lipinski definition) is 0. The van der Waals surface area contributed by atoms with E-state index >= 15 is 0 Å². The molecule has 4 aromatic rings. The fourth-order valence-corrected chi connectivity index (χ4v) is 3.16. The van der Waals surface area contributed by atoms with Gasteiger partial charge in [-0.2, -0.15) is 8.78 Å². The highest BCUT2D eigenvalue weighted by molar-refractivity contribution is 5.76. The van der Waals surface area contributed by atoms with E-state index in [1.807, 2.05) is 0 Å². The van der Waals surface area contributed by atoms with E-state index in [0.29, 0.717) is 22.6 Å². The molecular formula is C19H16F2N4O4. The van der Waals surface area contributed by atoms with Crippen LogP contribution < -0.4 is 15.2 Å². The van der Waals surface area contributed by atoms with Gasteiger partial charge in [0.1, 0.15) is 5.82 Å². The van der Waals surface area contributed by atoms with Crippen LogP contribution in [0.1, 0.15) is 12.4 Å². The summed E-state index contributed by atoms with van der Waals surface area (Å²) in [5, 5.41) is 3.80. The average Bonchev–Trinajstić information content (AvgIpc) is 3.28. The Morgan fingerprint density at radius 2 is 1.86 bits per heavy atom. The van der Waals surface area contributed by atoms with Crippen molar-refractivity contribution in [2.45, 2.75) is 13.1 Å². The van der Waals surface area contributed by atoms with E-state index in [1.54, 1.807) is 42.5 Å². The van der Waals surface area contributed by atoms with Crippen molar-refractivity contribution in [2.24, 2.45) is 0 Å². The molecule has 0 amide bonds. The predicted octanol–water partition coefficient (Wildman–Crippen LogP) is 3.31. The summed E-state index contributed by atoms with van der Waals surface area (Å²) < 4.78 is 44.6. The summed E-state index contributed by atoms with van der Waals surface area (Å²) in [6, 6.07) is 11.4. The second-order valence-corrected chi connectivity index (χ2v) is 6.09. The van der Waals surface area contributed by atoms with Gasteiger partial charge in [0.25, 0.3) is 0 Å². The Labute approximate surface area is 162 Å². The SMILES string of the molecule is COc1ccc(-c2noc(=O)n2Cc2nc3ccccc3n2C(F)F)cc1OC. The maximum Gasteiger partial charge on any atom is 0.442 e. The number of benzene rings is 2. The summed E-state index contributed by atoms with van der Waals surface area (Å²) in [5.74, 6) is 0.291. The minimum Gasteiger partial charge on any atom is -0.493 e. The zero-order valence-corrected chi connectivity index (χ0v) is 15.5. The van der Waals surface area contributed by atoms with E-state index < -0.39 is 12.3 Å². The largest absolute Gasteiger partial charge is 0.493 e. The van der Waals surface area contributed by atoms with Crippen LogP contribution in [0.4, 0.5) is 8.78 Å². The summed E-state index contributed by atoms with van der Waals surface area (Å²) in [4.78, 5) is 16.5. The predicted molar refractivity (Wildman–Crippen MR) is 99.4 cm³/mol. The van der Waals surface area contributed by atoms with Crippen LogP contribution in [-0.2, 0) is 6.54 Å². The zero-order valence-electron chi connectivity index (χ0n) is 15.5. The topological polar surface area (TPSA) is 84.3 Å². The number of fused-ring (bicyclic) bond motifs is 1. The standard InChI is InChI=1S/C19H16F2N4O4/c1-27-14-8-7-11(9-15(14)28-2)17-23-29-19(26)24(17)10-16-22-12-5-3-4-6-13(12)25(16)18(20)21/h3-9,18H,10H2,1-2H3. The summed E-state index contributed by atoms with van der Waals surface area (Å²) in [6.07, 6.45) is 0. The van der Waals surface area contributed by atoms with Gasteiger partial charge in [-0.15, -0.1) is 0 Å². The molecule has 2 aromatic heterocycles. The Morgan fingerprint density at radius 1 is 1.10 bits per heavy atom. The highest BCUT2D eigenvalue weighted by atomic mass is 19.3. The molecule has 0 spiro atoms. The smallest absolute Gasteiger partial charge is 0.442 e. The minimum absolute atomic E-state index is 0.00762. The van der Waals surface area contributed by atoms with Crippen molar-refractivity contribution in [1.29, 1.82) is 0 Å². The maximum atomic E-state index is 13.7. The van der Waals surface area contributed by atoms with E-state index in [4.69, 9.17) is 14.0 Å². The molecule has 2 aromatic carbocycles. The molecule has 0 aliphatic heterocycles. The van der Waals surface area contributed by atoms with Gasteiger partial charge in [-0.05, 0) is 30.3 Å². The molecule has 10 heteroatoms. The number of halogens is 2. The Bertz CT molecular complexity index is 1230. The summed E-state index contributed by atoms with van der Waals surface area (Å²) in [7, 11) is 2.97. The van der Waals surface area contributed by atoms with Gasteiger partial charge in [-0.25, -0.2) is 14.3 Å². The Morgan fingerprint density at radius 3 is 2.59 bits per heavy atom. The van der Waals surface area contributed by atoms with Crippen LogP contribution in [0.2, 0.25) is 0 Å². The first kappa shape index (κ1) is 18.7. The number of imidazole rings is 1. The fraction of sp³-hybridized carbons (Fsp3) is 0.211. The van der Waals surface area contributed by atoms with Crippen molar-refractivity contribution in [1.82, 2.24) is 19.3 Å². The molecule has 0 unspecified atom stereocenters. The second kappa shape index (κ2) is 7.38. The maximum absolute atomic E-state index is 13.7. The molecule has 150 valence electrons. The number of hydrogen-bond acceptors (Lipinski definition) is 6. The van der Waals surface area contributed by atoms with Crippen LogP contribution in [0.25, 0.3) is 22.4 Å². The third-order valence-electron chi connectivity index (χ3n) is 4.49. The number of methoxy groups -OCH3 is 2. The molecule has 0 saturated heterocycles. The van der Waals surface area contributed by atoms with Gasteiger partial charge in [-0.1, -0.05) is 17.3 Å². The van der Waals surface area contributed by atoms with Gasteiger partial charge in [0, 0.05) is 5.56 Å². The van der Waals surface area contributed by atoms with Gasteiger partial charge < -0.3 is 9.47 Å². The molecule has 0 aliphatic rings. The lowest BCUT2D eigenvalue weighted by atomic mass is 10.2. The van der Waals surface area contributed by atoms with Crippen LogP contribution in [0.5, 0.6) is 11.5 Å². The van der Waals surface area contributed by atoms with Crippen molar-refractivity contribution >= 4 is 11.0 Å². The van der Waals surface area contributed by atoms with Crippen LogP contribution in [0.15, 0.2) is 51.8 Å². The Kier molecular flexibility index (Phi) is 4.75. The fourth-order valence-electron chi connectivity index (χ4n) is 3.16. The molecule has 0 N–H and O–H groups in total. The molecule has 2 heterocycles. The Hall–Kier alpha value is -3.69. The average molecular weight is 402 g/mol. The first-order chi connectivity index (χ1) is 14.0. The molecule has 0 bridgehead atoms. The first-order valence-corrected chi connectivity index (χ1v) is 8.56. The summed E-state index contributed by atoms with van der Waals surface area (Å²) >= 11 is 0. The molecular weight excluding hydrogens is 386 g/mol. The number of aromatic nitrogens is 4. The normalized spacial score (nSPS) is 11.3. The molecule has 0 fully saturated rings. The minimum atomic E-state index is -2.82. The second-order valence-electron chi connectivity index (χ2n) is 6.09. The molecule has 0 atom stereocenters. The number of ether oxygens (including phenoxy) is 2. The monoisotopic (exact) mass is 402 g/mol. The van der Waals surface area contributed by atoms with Crippen molar-refractivity contribution < 1.29 is 22.8 Å². The van der Waals surface area contributed by atoms with Crippen LogP contribution in [0, 0.1) is 0 Å². The zero-order chi connectivity index (χ0) is 20.5.